The highest BCUT2D eigenvalue weighted by atomic mass is 14.7. The van der Waals surface area contributed by atoms with Gasteiger partial charge in [0.25, 0.3) is 0 Å². The first-order valence-electron chi connectivity index (χ1n) is 13.4. The second kappa shape index (κ2) is 9.11. The van der Waals surface area contributed by atoms with Crippen LogP contribution in [-0.2, 0) is 0 Å². The van der Waals surface area contributed by atoms with Gasteiger partial charge in [0, 0.05) is 34.3 Å². The topological polar surface area (TPSA) is 38.7 Å². The molecule has 186 valence electrons. The molecule has 8 rings (SSSR count). The number of hydrogen-bond donors (Lipinski definition) is 0. The molecule has 0 atom stereocenters. The van der Waals surface area contributed by atoms with Crippen LogP contribution < -0.4 is 0 Å². The Balaban J connectivity index is 1.25. The number of aromatic nitrogens is 3. The molecule has 0 aliphatic rings. The monoisotopic (exact) mass is 509 g/mol. The summed E-state index contributed by atoms with van der Waals surface area (Å²) in [6.45, 7) is 0. The number of pyridine rings is 3. The summed E-state index contributed by atoms with van der Waals surface area (Å²) < 4.78 is 0. The molecule has 0 saturated carbocycles. The van der Waals surface area contributed by atoms with Crippen LogP contribution >= 0.6 is 0 Å². The summed E-state index contributed by atoms with van der Waals surface area (Å²) in [7, 11) is 0. The lowest BCUT2D eigenvalue weighted by Gasteiger charge is -2.12. The van der Waals surface area contributed by atoms with Gasteiger partial charge in [-0.25, -0.2) is 9.97 Å². The van der Waals surface area contributed by atoms with Crippen LogP contribution in [0.2, 0.25) is 0 Å². The molecule has 40 heavy (non-hydrogen) atoms. The molecule has 3 heteroatoms. The number of rotatable bonds is 3. The van der Waals surface area contributed by atoms with Gasteiger partial charge in [0.1, 0.15) is 0 Å². The maximum Gasteiger partial charge on any atom is 0.0716 e. The fraction of sp³-hybridized carbons (Fsp3) is 0. The van der Waals surface area contributed by atoms with Crippen molar-refractivity contribution in [3.05, 3.63) is 140 Å². The van der Waals surface area contributed by atoms with E-state index in [0.29, 0.717) is 0 Å². The largest absolute Gasteiger partial charge is 0.265 e. The van der Waals surface area contributed by atoms with Crippen molar-refractivity contribution < 1.29 is 0 Å². The van der Waals surface area contributed by atoms with Crippen molar-refractivity contribution in [3.8, 4) is 33.6 Å². The van der Waals surface area contributed by atoms with Crippen LogP contribution in [0.5, 0.6) is 0 Å². The molecule has 5 aromatic carbocycles. The first kappa shape index (κ1) is 22.6. The van der Waals surface area contributed by atoms with Crippen molar-refractivity contribution in [3.63, 3.8) is 0 Å². The minimum Gasteiger partial charge on any atom is -0.265 e. The molecule has 0 spiro atoms. The predicted molar refractivity (Wildman–Crippen MR) is 166 cm³/mol. The molecule has 0 saturated heterocycles. The zero-order valence-corrected chi connectivity index (χ0v) is 21.6. The van der Waals surface area contributed by atoms with Gasteiger partial charge < -0.3 is 0 Å². The fourth-order valence-electron chi connectivity index (χ4n) is 5.69. The van der Waals surface area contributed by atoms with Gasteiger partial charge >= 0.3 is 0 Å². The molecule has 3 nitrogen and oxygen atoms in total. The third kappa shape index (κ3) is 3.79. The molecule has 0 unspecified atom stereocenters. The lowest BCUT2D eigenvalue weighted by Crippen LogP contribution is -1.90. The minimum absolute atomic E-state index is 0.944. The number of nitrogens with zero attached hydrogens (tertiary/aromatic N) is 3. The molecule has 0 N–H and O–H groups in total. The zero-order valence-electron chi connectivity index (χ0n) is 21.6. The molecule has 3 heterocycles. The Bertz CT molecular complexity index is 2220. The SMILES string of the molecule is c1ccc2c(c1)cc(-c1ccc3ccc(-c4ccc5ccc(-c6ccncc6)nc5c4)cc3n1)c1ccccc12. The van der Waals surface area contributed by atoms with Gasteiger partial charge in [-0.05, 0) is 75.1 Å². The number of benzene rings is 5. The van der Waals surface area contributed by atoms with Gasteiger partial charge in [-0.2, -0.15) is 0 Å². The smallest absolute Gasteiger partial charge is 0.0716 e. The van der Waals surface area contributed by atoms with Crippen LogP contribution in [-0.4, -0.2) is 15.0 Å². The van der Waals surface area contributed by atoms with E-state index < -0.39 is 0 Å². The molecule has 0 aliphatic carbocycles. The van der Waals surface area contributed by atoms with Crippen molar-refractivity contribution in [1.82, 2.24) is 15.0 Å². The Morgan fingerprint density at radius 1 is 0.375 bits per heavy atom. The maximum absolute atomic E-state index is 5.18. The standard InChI is InChI=1S/C37H23N3/c1-2-6-30-29(5-1)21-33(32-8-4-3-7-31(30)32)35-16-14-25-10-12-28(23-37(25)40-35)27-11-9-24-13-15-34(39-36(24)22-27)26-17-19-38-20-18-26/h1-23H. The molecule has 0 radical (unpaired) electrons. The Hall–Kier alpha value is -5.41. The average molecular weight is 510 g/mol. The summed E-state index contributed by atoms with van der Waals surface area (Å²) in [5, 5.41) is 7.20. The van der Waals surface area contributed by atoms with Crippen LogP contribution in [0.15, 0.2) is 140 Å². The van der Waals surface area contributed by atoms with Crippen LogP contribution in [0.1, 0.15) is 0 Å². The van der Waals surface area contributed by atoms with Gasteiger partial charge in [0.2, 0.25) is 0 Å². The van der Waals surface area contributed by atoms with Gasteiger partial charge in [-0.1, -0.05) is 84.9 Å². The van der Waals surface area contributed by atoms with E-state index in [1.54, 1.807) is 12.4 Å². The number of hydrogen-bond acceptors (Lipinski definition) is 3. The zero-order chi connectivity index (χ0) is 26.5. The number of fused-ring (bicyclic) bond motifs is 5. The first-order valence-corrected chi connectivity index (χ1v) is 13.4. The lowest BCUT2D eigenvalue weighted by molar-refractivity contribution is 1.31. The molecule has 0 amide bonds. The first-order chi connectivity index (χ1) is 19.8. The van der Waals surface area contributed by atoms with Gasteiger partial charge in [-0.15, -0.1) is 0 Å². The van der Waals surface area contributed by atoms with Gasteiger partial charge in [0.05, 0.1) is 22.4 Å². The predicted octanol–water partition coefficient (Wildman–Crippen LogP) is 9.49. The summed E-state index contributed by atoms with van der Waals surface area (Å²) in [6.07, 6.45) is 3.60. The summed E-state index contributed by atoms with van der Waals surface area (Å²) in [4.78, 5) is 14.3. The summed E-state index contributed by atoms with van der Waals surface area (Å²) in [5.74, 6) is 0. The highest BCUT2D eigenvalue weighted by Gasteiger charge is 2.11. The molecular weight excluding hydrogens is 486 g/mol. The molecule has 0 fully saturated rings. The second-order valence-corrected chi connectivity index (χ2v) is 10.1. The van der Waals surface area contributed by atoms with Crippen molar-refractivity contribution in [2.75, 3.05) is 0 Å². The van der Waals surface area contributed by atoms with E-state index in [2.05, 4.69) is 120 Å². The normalized spacial score (nSPS) is 11.5. The quantitative estimate of drug-likeness (QED) is 0.223. The van der Waals surface area contributed by atoms with Gasteiger partial charge in [-0.3, -0.25) is 4.98 Å². The lowest BCUT2D eigenvalue weighted by atomic mass is 9.95. The van der Waals surface area contributed by atoms with E-state index in [1.165, 1.54) is 21.5 Å². The van der Waals surface area contributed by atoms with Gasteiger partial charge in [0.15, 0.2) is 0 Å². The molecular formula is C37H23N3. The van der Waals surface area contributed by atoms with Crippen LogP contribution in [0.4, 0.5) is 0 Å². The Labute approximate surface area is 231 Å². The fourth-order valence-corrected chi connectivity index (χ4v) is 5.69. The second-order valence-electron chi connectivity index (χ2n) is 10.1. The van der Waals surface area contributed by atoms with E-state index in [0.717, 1.165) is 55.4 Å². The van der Waals surface area contributed by atoms with E-state index in [-0.39, 0.29) is 0 Å². The van der Waals surface area contributed by atoms with Crippen molar-refractivity contribution in [2.45, 2.75) is 0 Å². The van der Waals surface area contributed by atoms with E-state index in [1.807, 2.05) is 12.1 Å². The third-order valence-electron chi connectivity index (χ3n) is 7.74. The molecule has 0 bridgehead atoms. The average Bonchev–Trinajstić information content (AvgIpc) is 3.03. The highest BCUT2D eigenvalue weighted by Crippen LogP contribution is 2.35. The summed E-state index contributed by atoms with van der Waals surface area (Å²) in [6, 6.07) is 44.9. The van der Waals surface area contributed by atoms with Crippen molar-refractivity contribution in [1.29, 1.82) is 0 Å². The van der Waals surface area contributed by atoms with Crippen molar-refractivity contribution >= 4 is 43.4 Å². The summed E-state index contributed by atoms with van der Waals surface area (Å²) >= 11 is 0. The highest BCUT2D eigenvalue weighted by molar-refractivity contribution is 6.13. The third-order valence-corrected chi connectivity index (χ3v) is 7.74. The Morgan fingerprint density at radius 2 is 0.950 bits per heavy atom. The van der Waals surface area contributed by atoms with Crippen LogP contribution in [0.3, 0.4) is 0 Å². The van der Waals surface area contributed by atoms with E-state index >= 15 is 0 Å². The maximum atomic E-state index is 5.18. The Kier molecular flexibility index (Phi) is 5.14. The molecule has 0 aliphatic heterocycles. The Morgan fingerprint density at radius 3 is 1.68 bits per heavy atom. The van der Waals surface area contributed by atoms with Crippen molar-refractivity contribution in [2.24, 2.45) is 0 Å². The van der Waals surface area contributed by atoms with Crippen LogP contribution in [0, 0.1) is 0 Å². The van der Waals surface area contributed by atoms with Crippen LogP contribution in [0.25, 0.3) is 77.0 Å². The molecule has 8 aromatic rings. The minimum atomic E-state index is 0.944. The molecule has 3 aromatic heterocycles. The summed E-state index contributed by atoms with van der Waals surface area (Å²) in [5.41, 5.74) is 8.33. The van der Waals surface area contributed by atoms with E-state index in [9.17, 15) is 0 Å². The van der Waals surface area contributed by atoms with E-state index in [4.69, 9.17) is 9.97 Å².